The van der Waals surface area contributed by atoms with Crippen LogP contribution in [0.3, 0.4) is 0 Å². The van der Waals surface area contributed by atoms with Crippen molar-refractivity contribution in [2.24, 2.45) is 0 Å². The van der Waals surface area contributed by atoms with E-state index >= 15 is 0 Å². The van der Waals surface area contributed by atoms with Crippen LogP contribution in [0.1, 0.15) is 49.9 Å². The number of fused-ring (bicyclic) bond motifs is 11. The topological polar surface area (TPSA) is 3.24 Å². The predicted octanol–water partition coefficient (Wildman–Crippen LogP) is 16.6. The highest BCUT2D eigenvalue weighted by molar-refractivity contribution is 7.27. The van der Waals surface area contributed by atoms with Gasteiger partial charge in [0.05, 0.1) is 0 Å². The van der Waals surface area contributed by atoms with Gasteiger partial charge in [-0.3, -0.25) is 0 Å². The first-order valence-corrected chi connectivity index (χ1v) is 21.9. The summed E-state index contributed by atoms with van der Waals surface area (Å²) in [6.07, 6.45) is 0. The summed E-state index contributed by atoms with van der Waals surface area (Å²) in [5.74, 6) is 0. The van der Waals surface area contributed by atoms with E-state index in [9.17, 15) is 0 Å². The van der Waals surface area contributed by atoms with Gasteiger partial charge in [0.1, 0.15) is 0 Å². The summed E-state index contributed by atoms with van der Waals surface area (Å²) in [4.78, 5) is 2.44. The fraction of sp³-hybridized carbons (Fsp3) is 0.103. The van der Waals surface area contributed by atoms with E-state index in [0.29, 0.717) is 0 Å². The van der Waals surface area contributed by atoms with Gasteiger partial charge in [0, 0.05) is 48.1 Å². The molecule has 2 heteroatoms. The van der Waals surface area contributed by atoms with Crippen LogP contribution >= 0.6 is 11.3 Å². The molecule has 2 aliphatic rings. The highest BCUT2D eigenvalue weighted by Gasteiger charge is 2.37. The minimum absolute atomic E-state index is 0.0390. The van der Waals surface area contributed by atoms with E-state index in [1.54, 1.807) is 0 Å². The zero-order valence-electron chi connectivity index (χ0n) is 34.3. The molecule has 2 aliphatic carbocycles. The molecule has 1 heterocycles. The molecule has 0 atom stereocenters. The largest absolute Gasteiger partial charge is 0.310 e. The number of thiophene rings is 1. The Bertz CT molecular complexity index is 3360. The number of nitrogens with zero attached hydrogens (tertiary/aromatic N) is 1. The third kappa shape index (κ3) is 5.04. The molecule has 1 aromatic heterocycles. The fourth-order valence-electron chi connectivity index (χ4n) is 10.6. The molecule has 0 spiro atoms. The molecular formula is C58H43NS. The molecule has 0 amide bonds. The Morgan fingerprint density at radius 1 is 0.350 bits per heavy atom. The summed E-state index contributed by atoms with van der Waals surface area (Å²) in [6.45, 7) is 9.44. The van der Waals surface area contributed by atoms with Crippen LogP contribution in [-0.4, -0.2) is 0 Å². The Morgan fingerprint density at radius 3 is 1.63 bits per heavy atom. The Hall–Kier alpha value is -6.74. The molecule has 0 bridgehead atoms. The van der Waals surface area contributed by atoms with E-state index in [-0.39, 0.29) is 10.8 Å². The molecule has 10 aromatic rings. The molecule has 0 unspecified atom stereocenters. The lowest BCUT2D eigenvalue weighted by Crippen LogP contribution is -2.16. The van der Waals surface area contributed by atoms with Crippen molar-refractivity contribution in [3.8, 4) is 44.5 Å². The zero-order chi connectivity index (χ0) is 40.3. The van der Waals surface area contributed by atoms with Gasteiger partial charge >= 0.3 is 0 Å². The van der Waals surface area contributed by atoms with Crippen LogP contribution in [0, 0.1) is 0 Å². The van der Waals surface area contributed by atoms with Gasteiger partial charge in [0.15, 0.2) is 0 Å². The third-order valence-electron chi connectivity index (χ3n) is 13.7. The molecule has 60 heavy (non-hydrogen) atoms. The molecule has 12 rings (SSSR count). The van der Waals surface area contributed by atoms with Gasteiger partial charge in [0.25, 0.3) is 0 Å². The minimum atomic E-state index is -0.104. The van der Waals surface area contributed by atoms with Crippen molar-refractivity contribution in [3.05, 3.63) is 210 Å². The van der Waals surface area contributed by atoms with Crippen molar-refractivity contribution < 1.29 is 0 Å². The Kier molecular flexibility index (Phi) is 7.56. The van der Waals surface area contributed by atoms with Crippen LogP contribution in [0.25, 0.3) is 75.5 Å². The molecule has 0 N–H and O–H groups in total. The van der Waals surface area contributed by atoms with Crippen molar-refractivity contribution in [2.75, 3.05) is 4.90 Å². The highest BCUT2D eigenvalue weighted by Crippen LogP contribution is 2.53. The molecule has 0 radical (unpaired) electrons. The van der Waals surface area contributed by atoms with E-state index < -0.39 is 0 Å². The monoisotopic (exact) mass is 785 g/mol. The van der Waals surface area contributed by atoms with Crippen LogP contribution < -0.4 is 4.90 Å². The summed E-state index contributed by atoms with van der Waals surface area (Å²) < 4.78 is 2.69. The van der Waals surface area contributed by atoms with Crippen molar-refractivity contribution in [3.63, 3.8) is 0 Å². The Balaban J connectivity index is 0.982. The van der Waals surface area contributed by atoms with E-state index in [2.05, 4.69) is 221 Å². The lowest BCUT2D eigenvalue weighted by Gasteiger charge is -2.28. The maximum Gasteiger partial charge on any atom is 0.0465 e. The van der Waals surface area contributed by atoms with E-state index in [1.807, 2.05) is 11.3 Å². The summed E-state index contributed by atoms with van der Waals surface area (Å²) in [5.41, 5.74) is 19.2. The zero-order valence-corrected chi connectivity index (χ0v) is 35.1. The quantitative estimate of drug-likeness (QED) is 0.168. The van der Waals surface area contributed by atoms with Crippen LogP contribution in [0.5, 0.6) is 0 Å². The Morgan fingerprint density at radius 2 is 0.867 bits per heavy atom. The Labute approximate surface area is 355 Å². The minimum Gasteiger partial charge on any atom is -0.310 e. The summed E-state index contributed by atoms with van der Waals surface area (Å²) in [6, 6.07) is 70.4. The molecule has 286 valence electrons. The lowest BCUT2D eigenvalue weighted by atomic mass is 9.82. The second-order valence-electron chi connectivity index (χ2n) is 17.7. The number of hydrogen-bond donors (Lipinski definition) is 0. The first-order chi connectivity index (χ1) is 29.3. The molecule has 1 nitrogen and oxygen atoms in total. The molecule has 0 saturated heterocycles. The van der Waals surface area contributed by atoms with Gasteiger partial charge in [-0.05, 0) is 114 Å². The van der Waals surface area contributed by atoms with E-state index in [1.165, 1.54) is 97.7 Å². The highest BCUT2D eigenvalue weighted by atomic mass is 32.1. The predicted molar refractivity (Wildman–Crippen MR) is 258 cm³/mol. The van der Waals surface area contributed by atoms with Crippen molar-refractivity contribution in [2.45, 2.75) is 38.5 Å². The van der Waals surface area contributed by atoms with Crippen LogP contribution in [0.4, 0.5) is 17.1 Å². The molecule has 0 aliphatic heterocycles. The first-order valence-electron chi connectivity index (χ1n) is 21.1. The van der Waals surface area contributed by atoms with Crippen LogP contribution in [0.2, 0.25) is 0 Å². The van der Waals surface area contributed by atoms with Crippen LogP contribution in [-0.2, 0) is 10.8 Å². The van der Waals surface area contributed by atoms with Gasteiger partial charge in [0.2, 0.25) is 0 Å². The fourth-order valence-corrected chi connectivity index (χ4v) is 12.0. The van der Waals surface area contributed by atoms with E-state index in [4.69, 9.17) is 0 Å². The number of benzene rings is 9. The van der Waals surface area contributed by atoms with Gasteiger partial charge < -0.3 is 4.90 Å². The summed E-state index contributed by atoms with van der Waals surface area (Å²) >= 11 is 1.92. The van der Waals surface area contributed by atoms with Crippen LogP contribution in [0.15, 0.2) is 188 Å². The standard InChI is InChI=1S/C58H43NS/c1-57(2)51-21-10-8-16-49(51)54-42(17-12-22-52(54)57)37-23-28-39(29-24-37)59(41-32-34-46-45-15-7-9-20-50(45)58(3,4)53(46)35-41)40-30-25-38(26-31-40)44-18-11-19-47-48-33-27-36-13-5-6-14-43(36)56(48)60-55(44)47/h5-35H,1-4H3. The SMILES string of the molecule is CC1(C)c2ccccc2-c2ccc(N(c3ccc(-c4cccc5c4-c4ccccc4C5(C)C)cc3)c3ccc(-c4cccc5c4sc4c6ccccc6ccc54)cc3)cc21. The second kappa shape index (κ2) is 12.9. The van der Waals surface area contributed by atoms with Gasteiger partial charge in [-0.2, -0.15) is 0 Å². The first kappa shape index (κ1) is 35.2. The molecular weight excluding hydrogens is 743 g/mol. The number of hydrogen-bond acceptors (Lipinski definition) is 2. The molecule has 9 aromatic carbocycles. The third-order valence-corrected chi connectivity index (χ3v) is 15.0. The van der Waals surface area contributed by atoms with Crippen molar-refractivity contribution in [1.82, 2.24) is 0 Å². The maximum absolute atomic E-state index is 2.44. The average Bonchev–Trinajstić information content (AvgIpc) is 3.87. The number of rotatable bonds is 5. The van der Waals surface area contributed by atoms with E-state index in [0.717, 1.165) is 17.1 Å². The smallest absolute Gasteiger partial charge is 0.0465 e. The summed E-state index contributed by atoms with van der Waals surface area (Å²) in [7, 11) is 0. The maximum atomic E-state index is 2.44. The average molecular weight is 786 g/mol. The normalized spacial score (nSPS) is 14.3. The summed E-state index contributed by atoms with van der Waals surface area (Å²) in [5, 5.41) is 5.26. The van der Waals surface area contributed by atoms with Gasteiger partial charge in [-0.1, -0.05) is 179 Å². The van der Waals surface area contributed by atoms with Crippen molar-refractivity contribution in [1.29, 1.82) is 0 Å². The second-order valence-corrected chi connectivity index (χ2v) is 18.7. The number of anilines is 3. The molecule has 0 saturated carbocycles. The van der Waals surface area contributed by atoms with Crippen molar-refractivity contribution >= 4 is 59.3 Å². The lowest BCUT2D eigenvalue weighted by molar-refractivity contribution is 0.660. The molecule has 0 fully saturated rings. The van der Waals surface area contributed by atoms with Gasteiger partial charge in [-0.15, -0.1) is 11.3 Å². The van der Waals surface area contributed by atoms with Gasteiger partial charge in [-0.25, -0.2) is 0 Å².